The lowest BCUT2D eigenvalue weighted by molar-refractivity contribution is -0.137. The molecule has 33 heavy (non-hydrogen) atoms. The van der Waals surface area contributed by atoms with Crippen molar-refractivity contribution in [1.29, 1.82) is 0 Å². The molecular weight excluding hydrogens is 461 g/mol. The summed E-state index contributed by atoms with van der Waals surface area (Å²) >= 11 is 0. The van der Waals surface area contributed by atoms with E-state index < -0.39 is 27.5 Å². The van der Waals surface area contributed by atoms with Crippen LogP contribution >= 0.6 is 0 Å². The number of fused-ring (bicyclic) bond motifs is 1. The standard InChI is InChI=1S/C20H19F3N6O3S/c1-3-33(31,32)18-16(25-19(27(18)2)29-7-6-14(26-29)11-4-5-11)28-10-15-13(17(28)30)8-12(9-24-15)20(21,22)23/h6-9,11H,3-5,10H2,1-2H3. The first-order valence-electron chi connectivity index (χ1n) is 10.2. The lowest BCUT2D eigenvalue weighted by Gasteiger charge is -2.14. The van der Waals surface area contributed by atoms with E-state index >= 15 is 0 Å². The number of amides is 1. The predicted molar refractivity (Wildman–Crippen MR) is 110 cm³/mol. The molecule has 174 valence electrons. The Morgan fingerprint density at radius 3 is 2.61 bits per heavy atom. The number of halogens is 3. The van der Waals surface area contributed by atoms with E-state index in [1.165, 1.54) is 23.2 Å². The number of hydrogen-bond donors (Lipinski definition) is 0. The molecule has 0 saturated heterocycles. The second-order valence-electron chi connectivity index (χ2n) is 8.07. The van der Waals surface area contributed by atoms with E-state index in [9.17, 15) is 26.4 Å². The second kappa shape index (κ2) is 7.14. The van der Waals surface area contributed by atoms with E-state index in [2.05, 4.69) is 15.1 Å². The number of pyridine rings is 1. The monoisotopic (exact) mass is 480 g/mol. The van der Waals surface area contributed by atoms with Crippen LogP contribution in [0.5, 0.6) is 0 Å². The molecule has 1 aliphatic heterocycles. The molecule has 0 aromatic carbocycles. The van der Waals surface area contributed by atoms with Gasteiger partial charge in [-0.05, 0) is 25.0 Å². The maximum absolute atomic E-state index is 13.1. The molecule has 0 spiro atoms. The molecule has 0 radical (unpaired) electrons. The van der Waals surface area contributed by atoms with Gasteiger partial charge in [-0.2, -0.15) is 23.3 Å². The molecule has 0 atom stereocenters. The lowest BCUT2D eigenvalue weighted by Crippen LogP contribution is -2.26. The Morgan fingerprint density at radius 1 is 1.24 bits per heavy atom. The van der Waals surface area contributed by atoms with Crippen LogP contribution in [-0.4, -0.2) is 44.4 Å². The summed E-state index contributed by atoms with van der Waals surface area (Å²) in [6.45, 7) is 1.27. The van der Waals surface area contributed by atoms with Crippen LogP contribution in [-0.2, 0) is 29.6 Å². The zero-order valence-electron chi connectivity index (χ0n) is 17.7. The van der Waals surface area contributed by atoms with E-state index in [1.807, 2.05) is 6.07 Å². The maximum atomic E-state index is 13.1. The molecule has 0 bridgehead atoms. The van der Waals surface area contributed by atoms with Crippen LogP contribution < -0.4 is 4.90 Å². The topological polar surface area (TPSA) is 103 Å². The molecule has 9 nitrogen and oxygen atoms in total. The minimum absolute atomic E-state index is 0.121. The van der Waals surface area contributed by atoms with Crippen LogP contribution in [0.1, 0.15) is 53.0 Å². The van der Waals surface area contributed by atoms with Gasteiger partial charge < -0.3 is 4.57 Å². The Morgan fingerprint density at radius 2 is 1.97 bits per heavy atom. The van der Waals surface area contributed by atoms with Crippen molar-refractivity contribution >= 4 is 21.6 Å². The molecule has 4 heterocycles. The highest BCUT2D eigenvalue weighted by molar-refractivity contribution is 7.91. The summed E-state index contributed by atoms with van der Waals surface area (Å²) in [6.07, 6.45) is -0.270. The molecule has 3 aromatic rings. The highest BCUT2D eigenvalue weighted by Gasteiger charge is 2.40. The number of aromatic nitrogens is 5. The number of alkyl halides is 3. The number of rotatable bonds is 5. The summed E-state index contributed by atoms with van der Waals surface area (Å²) in [5.41, 5.74) is -0.293. The molecule has 1 saturated carbocycles. The Bertz CT molecular complexity index is 1390. The normalized spacial score (nSPS) is 16.5. The van der Waals surface area contributed by atoms with E-state index in [0.717, 1.165) is 29.5 Å². The van der Waals surface area contributed by atoms with Gasteiger partial charge >= 0.3 is 6.18 Å². The summed E-state index contributed by atoms with van der Waals surface area (Å²) < 4.78 is 68.0. The summed E-state index contributed by atoms with van der Waals surface area (Å²) in [5, 5.41) is 4.28. The fraction of sp³-hybridized carbons (Fsp3) is 0.400. The van der Waals surface area contributed by atoms with E-state index in [4.69, 9.17) is 0 Å². The average molecular weight is 480 g/mol. The largest absolute Gasteiger partial charge is 0.417 e. The summed E-state index contributed by atoms with van der Waals surface area (Å²) in [4.78, 5) is 22.3. The van der Waals surface area contributed by atoms with Gasteiger partial charge in [-0.1, -0.05) is 6.92 Å². The molecule has 0 unspecified atom stereocenters. The van der Waals surface area contributed by atoms with E-state index in [1.54, 1.807) is 6.20 Å². The third-order valence-electron chi connectivity index (χ3n) is 5.82. The number of carbonyl (C=O) groups is 1. The molecule has 5 rings (SSSR count). The van der Waals surface area contributed by atoms with E-state index in [0.29, 0.717) is 12.1 Å². The summed E-state index contributed by atoms with van der Waals surface area (Å²) in [7, 11) is -2.36. The molecule has 1 aliphatic carbocycles. The van der Waals surface area contributed by atoms with Crippen molar-refractivity contribution < 1.29 is 26.4 Å². The van der Waals surface area contributed by atoms with Gasteiger partial charge in [-0.3, -0.25) is 14.7 Å². The van der Waals surface area contributed by atoms with Crippen LogP contribution in [0.2, 0.25) is 0 Å². The van der Waals surface area contributed by atoms with Gasteiger partial charge in [0.05, 0.1) is 34.8 Å². The summed E-state index contributed by atoms with van der Waals surface area (Å²) in [5.74, 6) is -0.657. The van der Waals surface area contributed by atoms with Gasteiger partial charge in [-0.15, -0.1) is 0 Å². The SMILES string of the molecule is CCS(=O)(=O)c1c(N2Cc3ncc(C(F)(F)F)cc3C2=O)nc(-n2ccc(C3CC3)n2)n1C. The fourth-order valence-electron chi connectivity index (χ4n) is 3.87. The Kier molecular flexibility index (Phi) is 4.68. The third-order valence-corrected chi connectivity index (χ3v) is 7.63. The van der Waals surface area contributed by atoms with Crippen molar-refractivity contribution in [2.45, 2.75) is 43.4 Å². The van der Waals surface area contributed by atoms with Gasteiger partial charge in [0.2, 0.25) is 5.95 Å². The molecule has 13 heteroatoms. The van der Waals surface area contributed by atoms with Crippen molar-refractivity contribution in [3.8, 4) is 5.95 Å². The molecule has 3 aromatic heterocycles. The van der Waals surface area contributed by atoms with Crippen LogP contribution in [0.25, 0.3) is 5.95 Å². The summed E-state index contributed by atoms with van der Waals surface area (Å²) in [6, 6.07) is 2.57. The van der Waals surface area contributed by atoms with Crippen molar-refractivity contribution in [3.05, 3.63) is 47.0 Å². The predicted octanol–water partition coefficient (Wildman–Crippen LogP) is 2.85. The van der Waals surface area contributed by atoms with E-state index in [-0.39, 0.29) is 40.3 Å². The number of carbonyl (C=O) groups excluding carboxylic acids is 1. The van der Waals surface area contributed by atoms with Crippen molar-refractivity contribution in [1.82, 2.24) is 24.3 Å². The first-order valence-corrected chi connectivity index (χ1v) is 11.9. The minimum Gasteiger partial charge on any atom is -0.301 e. The number of hydrogen-bond acceptors (Lipinski definition) is 6. The molecular formula is C20H19F3N6O3S. The Balaban J connectivity index is 1.62. The second-order valence-corrected chi connectivity index (χ2v) is 10.3. The Hall–Kier alpha value is -3.22. The third kappa shape index (κ3) is 3.50. The van der Waals surface area contributed by atoms with Gasteiger partial charge in [0.15, 0.2) is 20.7 Å². The van der Waals surface area contributed by atoms with Gasteiger partial charge in [-0.25, -0.2) is 13.1 Å². The first kappa shape index (κ1) is 21.6. The Labute approximate surface area is 186 Å². The lowest BCUT2D eigenvalue weighted by atomic mass is 10.1. The van der Waals surface area contributed by atoms with Crippen molar-refractivity contribution in [3.63, 3.8) is 0 Å². The number of nitrogens with zero attached hydrogens (tertiary/aromatic N) is 6. The van der Waals surface area contributed by atoms with Crippen LogP contribution in [0, 0.1) is 0 Å². The van der Waals surface area contributed by atoms with Crippen LogP contribution in [0.4, 0.5) is 19.0 Å². The zero-order valence-corrected chi connectivity index (χ0v) is 18.5. The number of imidazole rings is 1. The molecule has 0 N–H and O–H groups in total. The number of anilines is 1. The first-order chi connectivity index (χ1) is 15.5. The number of sulfone groups is 1. The molecule has 1 amide bonds. The van der Waals surface area contributed by atoms with Gasteiger partial charge in [0.25, 0.3) is 5.91 Å². The quantitative estimate of drug-likeness (QED) is 0.557. The van der Waals surface area contributed by atoms with Crippen molar-refractivity contribution in [2.24, 2.45) is 7.05 Å². The fourth-order valence-corrected chi connectivity index (χ4v) is 5.07. The molecule has 2 aliphatic rings. The minimum atomic E-state index is -4.66. The molecule has 1 fully saturated rings. The van der Waals surface area contributed by atoms with Crippen LogP contribution in [0.15, 0.2) is 29.6 Å². The highest BCUT2D eigenvalue weighted by Crippen LogP contribution is 2.40. The average Bonchev–Trinajstić information content (AvgIpc) is 3.25. The zero-order chi connectivity index (χ0) is 23.7. The highest BCUT2D eigenvalue weighted by atomic mass is 32.2. The smallest absolute Gasteiger partial charge is 0.301 e. The maximum Gasteiger partial charge on any atom is 0.417 e. The van der Waals surface area contributed by atoms with Gasteiger partial charge in [0, 0.05) is 25.4 Å². The van der Waals surface area contributed by atoms with Gasteiger partial charge in [0.1, 0.15) is 0 Å². The van der Waals surface area contributed by atoms with Crippen molar-refractivity contribution in [2.75, 3.05) is 10.7 Å². The van der Waals surface area contributed by atoms with Crippen LogP contribution in [0.3, 0.4) is 0 Å².